The van der Waals surface area contributed by atoms with Gasteiger partial charge in [0.05, 0.1) is 24.1 Å². The van der Waals surface area contributed by atoms with Gasteiger partial charge in [0.15, 0.2) is 17.4 Å². The largest absolute Gasteiger partial charge is 0.494 e. The third-order valence-electron chi connectivity index (χ3n) is 7.57. The Kier molecular flexibility index (Phi) is 9.71. The van der Waals surface area contributed by atoms with Crippen LogP contribution in [0.4, 0.5) is 24.7 Å². The summed E-state index contributed by atoms with van der Waals surface area (Å²) in [5.74, 6) is -3.29. The number of pyridine rings is 2. The van der Waals surface area contributed by atoms with E-state index in [1.807, 2.05) is 25.7 Å². The second-order valence-electron chi connectivity index (χ2n) is 10.7. The predicted molar refractivity (Wildman–Crippen MR) is 163 cm³/mol. The summed E-state index contributed by atoms with van der Waals surface area (Å²) in [6, 6.07) is 4.23. The smallest absolute Gasteiger partial charge is 0.246 e. The van der Waals surface area contributed by atoms with Crippen LogP contribution in [0.2, 0.25) is 0 Å². The van der Waals surface area contributed by atoms with Crippen LogP contribution in [0.1, 0.15) is 43.5 Å². The highest BCUT2D eigenvalue weighted by atomic mass is 19.1. The van der Waals surface area contributed by atoms with E-state index in [4.69, 9.17) is 4.74 Å². The van der Waals surface area contributed by atoms with Gasteiger partial charge in [-0.05, 0) is 49.6 Å². The number of amidine groups is 1. The van der Waals surface area contributed by atoms with Gasteiger partial charge in [-0.1, -0.05) is 20.4 Å². The molecule has 1 aliphatic heterocycles. The van der Waals surface area contributed by atoms with Crippen molar-refractivity contribution >= 4 is 29.7 Å². The summed E-state index contributed by atoms with van der Waals surface area (Å²) in [6.45, 7) is 12.2. The van der Waals surface area contributed by atoms with Gasteiger partial charge in [-0.25, -0.2) is 18.2 Å². The van der Waals surface area contributed by atoms with Crippen molar-refractivity contribution in [1.29, 1.82) is 0 Å². The lowest BCUT2D eigenvalue weighted by Gasteiger charge is -2.41. The molecule has 44 heavy (non-hydrogen) atoms. The predicted octanol–water partition coefficient (Wildman–Crippen LogP) is 5.39. The maximum Gasteiger partial charge on any atom is 0.246 e. The van der Waals surface area contributed by atoms with Crippen LogP contribution in [0.5, 0.6) is 5.75 Å². The van der Waals surface area contributed by atoms with Crippen LogP contribution in [0, 0.1) is 24.4 Å². The Morgan fingerprint density at radius 1 is 1.18 bits per heavy atom. The molecule has 1 atom stereocenters. The molecule has 0 aliphatic carbocycles. The maximum absolute atomic E-state index is 16.0. The number of aryl methyl sites for hydroxylation is 1. The minimum atomic E-state index is -1.06. The molecule has 0 N–H and O–H groups in total. The van der Waals surface area contributed by atoms with Gasteiger partial charge in [-0.2, -0.15) is 0 Å². The number of methoxy groups -OCH3 is 1. The van der Waals surface area contributed by atoms with Crippen LogP contribution >= 0.6 is 0 Å². The van der Waals surface area contributed by atoms with Crippen molar-refractivity contribution in [2.45, 2.75) is 39.7 Å². The first-order chi connectivity index (χ1) is 21.0. The second-order valence-corrected chi connectivity index (χ2v) is 10.7. The summed E-state index contributed by atoms with van der Waals surface area (Å²) in [4.78, 5) is 43.5. The number of aromatic nitrogens is 2. The number of hydrogen-bond acceptors (Lipinski definition) is 6. The van der Waals surface area contributed by atoms with Crippen LogP contribution in [-0.4, -0.2) is 77.8 Å². The van der Waals surface area contributed by atoms with E-state index in [1.165, 1.54) is 25.1 Å². The Labute approximate surface area is 254 Å². The Bertz CT molecular complexity index is 1630. The van der Waals surface area contributed by atoms with Crippen LogP contribution in [-0.2, 0) is 9.59 Å². The van der Waals surface area contributed by atoms with Crippen molar-refractivity contribution in [3.05, 3.63) is 77.4 Å². The number of piperazine rings is 1. The van der Waals surface area contributed by atoms with Crippen molar-refractivity contribution < 1.29 is 27.5 Å². The molecule has 1 aliphatic rings. The topological polar surface area (TPSA) is 91.2 Å². The average Bonchev–Trinajstić information content (AvgIpc) is 3.00. The van der Waals surface area contributed by atoms with Gasteiger partial charge in [-0.3, -0.25) is 24.5 Å². The minimum Gasteiger partial charge on any atom is -0.494 e. The van der Waals surface area contributed by atoms with E-state index in [9.17, 15) is 14.0 Å². The van der Waals surface area contributed by atoms with Crippen LogP contribution in [0.3, 0.4) is 0 Å². The molecule has 1 fully saturated rings. The van der Waals surface area contributed by atoms with Crippen molar-refractivity contribution in [3.63, 3.8) is 0 Å². The normalized spacial score (nSPS) is 15.4. The Morgan fingerprint density at radius 2 is 1.91 bits per heavy atom. The molecule has 2 aromatic heterocycles. The molecule has 0 saturated carbocycles. The molecular formula is C32H35F3N6O3. The molecular weight excluding hydrogens is 573 g/mol. The van der Waals surface area contributed by atoms with E-state index in [0.717, 1.165) is 12.1 Å². The SMILES string of the molecule is C=CC(=O)N1CCN(C(=NC)c2cc(F)c(-c3cc(OC)c(F)cc3F)nc2N(C=O)c2c(C)ccnc2C(C)C)C(C)C1. The molecule has 2 amide bonds. The van der Waals surface area contributed by atoms with Crippen molar-refractivity contribution in [1.82, 2.24) is 19.8 Å². The Morgan fingerprint density at radius 3 is 2.50 bits per heavy atom. The van der Waals surface area contributed by atoms with Crippen LogP contribution < -0.4 is 9.64 Å². The number of amides is 2. The lowest BCUT2D eigenvalue weighted by atomic mass is 10.0. The summed E-state index contributed by atoms with van der Waals surface area (Å²) in [5.41, 5.74) is 1.07. The van der Waals surface area contributed by atoms with Crippen molar-refractivity contribution in [3.8, 4) is 17.0 Å². The molecule has 0 spiro atoms. The summed E-state index contributed by atoms with van der Waals surface area (Å²) >= 11 is 0. The highest BCUT2D eigenvalue weighted by Crippen LogP contribution is 2.38. The molecule has 9 nitrogen and oxygen atoms in total. The van der Waals surface area contributed by atoms with Gasteiger partial charge in [0.2, 0.25) is 12.3 Å². The van der Waals surface area contributed by atoms with Crippen LogP contribution in [0.25, 0.3) is 11.3 Å². The van der Waals surface area contributed by atoms with E-state index in [2.05, 4.69) is 21.5 Å². The minimum absolute atomic E-state index is 0.0329. The quantitative estimate of drug-likeness (QED) is 0.147. The first-order valence-corrected chi connectivity index (χ1v) is 14.1. The molecule has 3 heterocycles. The second kappa shape index (κ2) is 13.3. The molecule has 4 rings (SSSR count). The number of nitrogens with zero attached hydrogens (tertiary/aromatic N) is 6. The monoisotopic (exact) mass is 608 g/mol. The summed E-state index contributed by atoms with van der Waals surface area (Å²) < 4.78 is 50.4. The summed E-state index contributed by atoms with van der Waals surface area (Å²) in [7, 11) is 2.74. The number of carbonyl (C=O) groups is 2. The Balaban J connectivity index is 1.99. The zero-order valence-corrected chi connectivity index (χ0v) is 25.6. The summed E-state index contributed by atoms with van der Waals surface area (Å²) in [5, 5.41) is 0. The third-order valence-corrected chi connectivity index (χ3v) is 7.57. The first kappa shape index (κ1) is 32.2. The zero-order chi connectivity index (χ0) is 32.3. The van der Waals surface area contributed by atoms with Gasteiger partial charge in [0, 0.05) is 50.6 Å². The lowest BCUT2D eigenvalue weighted by Crippen LogP contribution is -2.55. The van der Waals surface area contributed by atoms with Gasteiger partial charge in [0.25, 0.3) is 0 Å². The number of halogens is 3. The molecule has 1 saturated heterocycles. The highest BCUT2D eigenvalue weighted by molar-refractivity contribution is 6.07. The molecule has 1 unspecified atom stereocenters. The number of ether oxygens (including phenoxy) is 1. The number of anilines is 2. The van der Waals surface area contributed by atoms with Gasteiger partial charge in [-0.15, -0.1) is 0 Å². The van der Waals surface area contributed by atoms with E-state index in [-0.39, 0.29) is 40.6 Å². The molecule has 1 aromatic carbocycles. The maximum atomic E-state index is 16.0. The molecule has 232 valence electrons. The molecule has 3 aromatic rings. The molecule has 0 bridgehead atoms. The van der Waals surface area contributed by atoms with Gasteiger partial charge >= 0.3 is 0 Å². The van der Waals surface area contributed by atoms with E-state index in [0.29, 0.717) is 54.9 Å². The van der Waals surface area contributed by atoms with Crippen molar-refractivity contribution in [2.75, 3.05) is 38.7 Å². The fraction of sp³-hybridized carbons (Fsp3) is 0.344. The molecule has 0 radical (unpaired) electrons. The average molecular weight is 609 g/mol. The number of hydrogen-bond donors (Lipinski definition) is 0. The Hall–Kier alpha value is -4.74. The van der Waals surface area contributed by atoms with E-state index in [1.54, 1.807) is 24.1 Å². The van der Waals surface area contributed by atoms with Gasteiger partial charge in [0.1, 0.15) is 23.2 Å². The van der Waals surface area contributed by atoms with Crippen molar-refractivity contribution in [2.24, 2.45) is 4.99 Å². The van der Waals surface area contributed by atoms with E-state index < -0.39 is 23.1 Å². The molecule has 12 heteroatoms. The lowest BCUT2D eigenvalue weighted by molar-refractivity contribution is -0.128. The third kappa shape index (κ3) is 6.01. The first-order valence-electron chi connectivity index (χ1n) is 14.1. The standard InChI is InChI=1S/C32H35F3N6O3/c1-8-27(43)39-11-12-40(20(5)16-39)31(36-6)22-13-25(35)29(21-14-26(44-7)24(34)15-23(21)33)38-32(22)41(17-42)30-19(4)9-10-37-28(30)18(2)3/h8-10,13-15,17-18,20H,1,11-12,16H2,2-7H3. The van der Waals surface area contributed by atoms with Crippen LogP contribution in [0.15, 0.2) is 48.1 Å². The number of carbonyl (C=O) groups excluding carboxylic acids is 2. The highest BCUT2D eigenvalue weighted by Gasteiger charge is 2.33. The van der Waals surface area contributed by atoms with Gasteiger partial charge < -0.3 is 14.5 Å². The number of rotatable bonds is 8. The van der Waals surface area contributed by atoms with E-state index >= 15 is 8.78 Å². The fourth-order valence-electron chi connectivity index (χ4n) is 5.40. The number of benzene rings is 1. The fourth-order valence-corrected chi connectivity index (χ4v) is 5.40. The number of aliphatic imine (C=N–C) groups is 1. The zero-order valence-electron chi connectivity index (χ0n) is 25.6. The summed E-state index contributed by atoms with van der Waals surface area (Å²) in [6.07, 6.45) is 3.43.